The van der Waals surface area contributed by atoms with E-state index in [1.165, 1.54) is 24.0 Å². The summed E-state index contributed by atoms with van der Waals surface area (Å²) < 4.78 is 0. The maximum absolute atomic E-state index is 13.0. The molecule has 34 heavy (non-hydrogen) atoms. The highest BCUT2D eigenvalue weighted by molar-refractivity contribution is 5.94. The van der Waals surface area contributed by atoms with Gasteiger partial charge in [-0.3, -0.25) is 19.2 Å². The number of amides is 4. The minimum atomic E-state index is -1.18. The molecule has 1 aromatic carbocycles. The number of rotatable bonds is 11. The fourth-order valence-electron chi connectivity index (χ4n) is 3.69. The van der Waals surface area contributed by atoms with Crippen LogP contribution in [0.15, 0.2) is 24.3 Å². The zero-order valence-electron chi connectivity index (χ0n) is 18.9. The number of nitrogens with zero attached hydrogens (tertiary/aromatic N) is 1. The zero-order chi connectivity index (χ0) is 25.4. The van der Waals surface area contributed by atoms with Gasteiger partial charge in [0.1, 0.15) is 23.9 Å². The van der Waals surface area contributed by atoms with Crippen LogP contribution in [-0.2, 0) is 30.4 Å². The molecule has 186 valence electrons. The van der Waals surface area contributed by atoms with E-state index in [4.69, 9.17) is 11.5 Å². The lowest BCUT2D eigenvalue weighted by atomic mass is 10.1. The summed E-state index contributed by atoms with van der Waals surface area (Å²) in [6, 6.07) is 1.97. The van der Waals surface area contributed by atoms with Crippen molar-refractivity contribution < 1.29 is 34.2 Å². The molecule has 12 heteroatoms. The number of nitrogens with one attached hydrogen (secondary N) is 2. The molecule has 0 radical (unpaired) electrons. The molecule has 12 nitrogen and oxygen atoms in total. The zero-order valence-corrected chi connectivity index (χ0v) is 18.9. The van der Waals surface area contributed by atoms with Crippen LogP contribution in [0, 0.1) is 0 Å². The molecule has 4 amide bonds. The second kappa shape index (κ2) is 12.0. The van der Waals surface area contributed by atoms with E-state index in [-0.39, 0.29) is 31.6 Å². The molecule has 1 aliphatic heterocycles. The van der Waals surface area contributed by atoms with Crippen molar-refractivity contribution >= 4 is 29.6 Å². The van der Waals surface area contributed by atoms with E-state index < -0.39 is 53.8 Å². The lowest BCUT2D eigenvalue weighted by Crippen LogP contribution is -2.56. The number of carboxylic acids is 1. The highest BCUT2D eigenvalue weighted by atomic mass is 16.4. The lowest BCUT2D eigenvalue weighted by Gasteiger charge is -2.28. The van der Waals surface area contributed by atoms with Gasteiger partial charge in [-0.2, -0.15) is 0 Å². The van der Waals surface area contributed by atoms with Crippen molar-refractivity contribution in [3.63, 3.8) is 0 Å². The smallest absolute Gasteiger partial charge is 0.326 e. The summed E-state index contributed by atoms with van der Waals surface area (Å²) in [4.78, 5) is 61.9. The maximum Gasteiger partial charge on any atom is 0.326 e. The van der Waals surface area contributed by atoms with E-state index in [9.17, 15) is 34.2 Å². The Morgan fingerprint density at radius 1 is 1.12 bits per heavy atom. The summed E-state index contributed by atoms with van der Waals surface area (Å²) in [6.07, 6.45) is 0.670. The summed E-state index contributed by atoms with van der Waals surface area (Å²) in [5, 5.41) is 23.7. The second-order valence-corrected chi connectivity index (χ2v) is 8.30. The number of aromatic hydroxyl groups is 1. The standard InChI is InChI=1S/C22H31N5O7/c1-12(25-20(31)15(23)11-13-4-6-14(28)7-5-13)19(30)26-16(8-9-18(24)29)21(32)27-10-2-3-17(27)22(33)34/h4-7,12,15-17,28H,2-3,8-11,23H2,1H3,(H2,24,29)(H,25,31)(H,26,30)(H,33,34). The van der Waals surface area contributed by atoms with Crippen LogP contribution < -0.4 is 22.1 Å². The van der Waals surface area contributed by atoms with Crippen LogP contribution in [0.25, 0.3) is 0 Å². The minimum Gasteiger partial charge on any atom is -0.508 e. The molecule has 1 aliphatic rings. The van der Waals surface area contributed by atoms with Gasteiger partial charge in [-0.1, -0.05) is 12.1 Å². The summed E-state index contributed by atoms with van der Waals surface area (Å²) in [7, 11) is 0. The third-order valence-corrected chi connectivity index (χ3v) is 5.60. The van der Waals surface area contributed by atoms with Crippen molar-refractivity contribution in [1.82, 2.24) is 15.5 Å². The van der Waals surface area contributed by atoms with Gasteiger partial charge < -0.3 is 37.2 Å². The normalized spacial score (nSPS) is 17.9. The Kier molecular flexibility index (Phi) is 9.36. The molecule has 1 heterocycles. The number of benzene rings is 1. The fraction of sp³-hybridized carbons (Fsp3) is 0.500. The number of nitrogens with two attached hydrogens (primary N) is 2. The van der Waals surface area contributed by atoms with E-state index in [0.717, 1.165) is 0 Å². The van der Waals surface area contributed by atoms with Crippen molar-refractivity contribution in [2.24, 2.45) is 11.5 Å². The molecule has 8 N–H and O–H groups in total. The van der Waals surface area contributed by atoms with E-state index in [2.05, 4.69) is 10.6 Å². The number of carbonyl (C=O) groups excluding carboxylic acids is 4. The van der Waals surface area contributed by atoms with Gasteiger partial charge in [-0.15, -0.1) is 0 Å². The van der Waals surface area contributed by atoms with E-state index in [1.54, 1.807) is 12.1 Å². The lowest BCUT2D eigenvalue weighted by molar-refractivity contribution is -0.149. The third-order valence-electron chi connectivity index (χ3n) is 5.60. The molecule has 0 bridgehead atoms. The number of carboxylic acid groups (broad SMARTS) is 1. The first-order valence-corrected chi connectivity index (χ1v) is 11.0. The molecule has 1 fully saturated rings. The predicted molar refractivity (Wildman–Crippen MR) is 120 cm³/mol. The first kappa shape index (κ1) is 26.6. The Hall–Kier alpha value is -3.67. The summed E-state index contributed by atoms with van der Waals surface area (Å²) in [5.41, 5.74) is 11.8. The van der Waals surface area contributed by atoms with Crippen molar-refractivity contribution in [2.45, 2.75) is 63.2 Å². The second-order valence-electron chi connectivity index (χ2n) is 8.30. The number of carbonyl (C=O) groups is 5. The summed E-state index contributed by atoms with van der Waals surface area (Å²) in [5.74, 6) is -3.66. The summed E-state index contributed by atoms with van der Waals surface area (Å²) >= 11 is 0. The highest BCUT2D eigenvalue weighted by Crippen LogP contribution is 2.19. The van der Waals surface area contributed by atoms with Gasteiger partial charge in [-0.05, 0) is 50.3 Å². The largest absolute Gasteiger partial charge is 0.508 e. The van der Waals surface area contributed by atoms with Crippen LogP contribution in [0.3, 0.4) is 0 Å². The van der Waals surface area contributed by atoms with Gasteiger partial charge in [0.15, 0.2) is 0 Å². The van der Waals surface area contributed by atoms with Crippen LogP contribution in [0.4, 0.5) is 0 Å². The first-order chi connectivity index (χ1) is 16.0. The van der Waals surface area contributed by atoms with Gasteiger partial charge >= 0.3 is 5.97 Å². The average Bonchev–Trinajstić information content (AvgIpc) is 3.27. The van der Waals surface area contributed by atoms with Crippen molar-refractivity contribution in [3.8, 4) is 5.75 Å². The molecule has 4 atom stereocenters. The number of primary amides is 1. The Labute approximate surface area is 196 Å². The number of phenolic OH excluding ortho intramolecular Hbond substituents is 1. The monoisotopic (exact) mass is 477 g/mol. The first-order valence-electron chi connectivity index (χ1n) is 11.0. The number of phenols is 1. The maximum atomic E-state index is 13.0. The fourth-order valence-corrected chi connectivity index (χ4v) is 3.69. The highest BCUT2D eigenvalue weighted by Gasteiger charge is 2.38. The molecular formula is C22H31N5O7. The van der Waals surface area contributed by atoms with Crippen LogP contribution in [0.2, 0.25) is 0 Å². The van der Waals surface area contributed by atoms with Crippen molar-refractivity contribution in [3.05, 3.63) is 29.8 Å². The number of hydrogen-bond donors (Lipinski definition) is 6. The molecule has 0 aliphatic carbocycles. The average molecular weight is 478 g/mol. The van der Waals surface area contributed by atoms with Crippen LogP contribution in [0.1, 0.15) is 38.2 Å². The van der Waals surface area contributed by atoms with E-state index in [0.29, 0.717) is 18.4 Å². The molecule has 1 aromatic rings. The predicted octanol–water partition coefficient (Wildman–Crippen LogP) is -1.41. The van der Waals surface area contributed by atoms with E-state index >= 15 is 0 Å². The quantitative estimate of drug-likeness (QED) is 0.223. The molecule has 0 aromatic heterocycles. The van der Waals surface area contributed by atoms with Crippen molar-refractivity contribution in [1.29, 1.82) is 0 Å². The van der Waals surface area contributed by atoms with Gasteiger partial charge in [0.25, 0.3) is 0 Å². The van der Waals surface area contributed by atoms with E-state index in [1.807, 2.05) is 0 Å². The van der Waals surface area contributed by atoms with Crippen molar-refractivity contribution in [2.75, 3.05) is 6.54 Å². The van der Waals surface area contributed by atoms with Gasteiger partial charge in [0, 0.05) is 13.0 Å². The minimum absolute atomic E-state index is 0.0797. The Balaban J connectivity index is 2.00. The Bertz CT molecular complexity index is 921. The molecule has 0 spiro atoms. The Morgan fingerprint density at radius 3 is 2.35 bits per heavy atom. The van der Waals surface area contributed by atoms with Gasteiger partial charge in [0.05, 0.1) is 6.04 Å². The van der Waals surface area contributed by atoms with Crippen LogP contribution in [-0.4, -0.2) is 75.4 Å². The third kappa shape index (κ3) is 7.44. The summed E-state index contributed by atoms with van der Waals surface area (Å²) in [6.45, 7) is 1.63. The van der Waals surface area contributed by atoms with Crippen LogP contribution >= 0.6 is 0 Å². The number of hydrogen-bond acceptors (Lipinski definition) is 7. The SMILES string of the molecule is CC(NC(=O)C(N)Cc1ccc(O)cc1)C(=O)NC(CCC(N)=O)C(=O)N1CCCC1C(=O)O. The number of aliphatic carboxylic acids is 1. The topological polar surface area (TPSA) is 205 Å². The molecule has 0 saturated carbocycles. The number of likely N-dealkylation sites (tertiary alicyclic amines) is 1. The molecular weight excluding hydrogens is 446 g/mol. The molecule has 4 unspecified atom stereocenters. The van der Waals surface area contributed by atoms with Crippen LogP contribution in [0.5, 0.6) is 5.75 Å². The molecule has 2 rings (SSSR count). The molecule has 1 saturated heterocycles. The Morgan fingerprint density at radius 2 is 1.76 bits per heavy atom. The van der Waals surface area contributed by atoms with Gasteiger partial charge in [0.2, 0.25) is 23.6 Å². The van der Waals surface area contributed by atoms with Gasteiger partial charge in [-0.25, -0.2) is 4.79 Å².